The second-order valence-corrected chi connectivity index (χ2v) is 8.15. The molecule has 1 amide bonds. The van der Waals surface area contributed by atoms with Gasteiger partial charge in [-0.25, -0.2) is 0 Å². The SMILES string of the molecule is O=C(NCC1CCCN(Cc2sccc2Cl)C1)c1nccc2[nH]ccc12. The van der Waals surface area contributed by atoms with E-state index in [4.69, 9.17) is 11.6 Å². The van der Waals surface area contributed by atoms with Crippen LogP contribution in [0.3, 0.4) is 0 Å². The van der Waals surface area contributed by atoms with Gasteiger partial charge in [0.25, 0.3) is 5.91 Å². The van der Waals surface area contributed by atoms with Crippen LogP contribution >= 0.6 is 22.9 Å². The van der Waals surface area contributed by atoms with Gasteiger partial charge in [-0.1, -0.05) is 11.6 Å². The van der Waals surface area contributed by atoms with E-state index >= 15 is 0 Å². The van der Waals surface area contributed by atoms with E-state index in [1.807, 2.05) is 29.8 Å². The number of rotatable bonds is 5. The van der Waals surface area contributed by atoms with Crippen molar-refractivity contribution in [3.8, 4) is 0 Å². The van der Waals surface area contributed by atoms with Gasteiger partial charge in [-0.15, -0.1) is 11.3 Å². The minimum atomic E-state index is -0.103. The fourth-order valence-corrected chi connectivity index (χ4v) is 4.72. The lowest BCUT2D eigenvalue weighted by molar-refractivity contribution is 0.0928. The minimum absolute atomic E-state index is 0.103. The number of hydrogen-bond acceptors (Lipinski definition) is 4. The van der Waals surface area contributed by atoms with Crippen molar-refractivity contribution in [2.75, 3.05) is 19.6 Å². The van der Waals surface area contributed by atoms with Crippen LogP contribution in [-0.2, 0) is 6.54 Å². The van der Waals surface area contributed by atoms with Gasteiger partial charge in [0.15, 0.2) is 0 Å². The molecule has 0 spiro atoms. The molecule has 4 rings (SSSR count). The van der Waals surface area contributed by atoms with Crippen molar-refractivity contribution in [2.45, 2.75) is 19.4 Å². The molecule has 1 fully saturated rings. The third-order valence-corrected chi connectivity index (χ3v) is 6.28. The molecule has 1 aliphatic heterocycles. The Balaban J connectivity index is 1.34. The van der Waals surface area contributed by atoms with Gasteiger partial charge in [0.05, 0.1) is 5.02 Å². The number of aromatic amines is 1. The molecular formula is C19H21ClN4OS. The van der Waals surface area contributed by atoms with Crippen LogP contribution in [-0.4, -0.2) is 40.4 Å². The molecule has 1 saturated heterocycles. The van der Waals surface area contributed by atoms with Crippen molar-refractivity contribution in [3.05, 3.63) is 51.6 Å². The van der Waals surface area contributed by atoms with Crippen LogP contribution in [0.4, 0.5) is 0 Å². The van der Waals surface area contributed by atoms with Gasteiger partial charge in [0.1, 0.15) is 5.69 Å². The van der Waals surface area contributed by atoms with Gasteiger partial charge in [0, 0.05) is 47.8 Å². The first-order valence-corrected chi connectivity index (χ1v) is 10.1. The number of piperidine rings is 1. The Labute approximate surface area is 161 Å². The Bertz CT molecular complexity index is 906. The fourth-order valence-electron chi connectivity index (χ4n) is 3.59. The lowest BCUT2D eigenvalue weighted by Gasteiger charge is -2.32. The molecule has 3 aromatic heterocycles. The topological polar surface area (TPSA) is 61.0 Å². The summed E-state index contributed by atoms with van der Waals surface area (Å²) in [5.41, 5.74) is 1.42. The van der Waals surface area contributed by atoms with Crippen LogP contribution in [0.25, 0.3) is 10.9 Å². The average molecular weight is 389 g/mol. The van der Waals surface area contributed by atoms with Crippen molar-refractivity contribution in [3.63, 3.8) is 0 Å². The normalized spacial score (nSPS) is 18.3. The van der Waals surface area contributed by atoms with E-state index in [2.05, 4.69) is 20.2 Å². The lowest BCUT2D eigenvalue weighted by Crippen LogP contribution is -2.40. The number of pyridine rings is 1. The van der Waals surface area contributed by atoms with Crippen LogP contribution in [0, 0.1) is 5.92 Å². The molecule has 0 saturated carbocycles. The largest absolute Gasteiger partial charge is 0.361 e. The Morgan fingerprint density at radius 2 is 2.35 bits per heavy atom. The first-order valence-electron chi connectivity index (χ1n) is 8.85. The number of nitrogens with one attached hydrogen (secondary N) is 2. The molecule has 1 atom stereocenters. The third kappa shape index (κ3) is 3.77. The molecule has 7 heteroatoms. The second kappa shape index (κ2) is 7.78. The second-order valence-electron chi connectivity index (χ2n) is 6.74. The summed E-state index contributed by atoms with van der Waals surface area (Å²) in [6.07, 6.45) is 5.78. The summed E-state index contributed by atoms with van der Waals surface area (Å²) >= 11 is 7.93. The molecular weight excluding hydrogens is 368 g/mol. The number of amides is 1. The number of carbonyl (C=O) groups excluding carboxylic acids is 1. The predicted molar refractivity (Wildman–Crippen MR) is 106 cm³/mol. The summed E-state index contributed by atoms with van der Waals surface area (Å²) in [5.74, 6) is 0.352. The maximum Gasteiger partial charge on any atom is 0.270 e. The zero-order valence-corrected chi connectivity index (χ0v) is 15.9. The number of fused-ring (bicyclic) bond motifs is 1. The number of H-pyrrole nitrogens is 1. The summed E-state index contributed by atoms with van der Waals surface area (Å²) < 4.78 is 0. The lowest BCUT2D eigenvalue weighted by atomic mass is 9.98. The van der Waals surface area contributed by atoms with Crippen molar-refractivity contribution >= 4 is 39.7 Å². The van der Waals surface area contributed by atoms with Crippen molar-refractivity contribution in [2.24, 2.45) is 5.92 Å². The van der Waals surface area contributed by atoms with E-state index in [0.717, 1.165) is 48.4 Å². The van der Waals surface area contributed by atoms with Gasteiger partial charge in [0.2, 0.25) is 0 Å². The van der Waals surface area contributed by atoms with E-state index in [1.165, 1.54) is 4.88 Å². The zero-order valence-electron chi connectivity index (χ0n) is 14.4. The number of nitrogens with zero attached hydrogens (tertiary/aromatic N) is 2. The number of likely N-dealkylation sites (tertiary alicyclic amines) is 1. The molecule has 0 aromatic carbocycles. The molecule has 2 N–H and O–H groups in total. The molecule has 1 unspecified atom stereocenters. The van der Waals surface area contributed by atoms with E-state index in [1.54, 1.807) is 17.5 Å². The number of thiophene rings is 1. The molecule has 3 aromatic rings. The average Bonchev–Trinajstić information content (AvgIpc) is 3.29. The first-order chi connectivity index (χ1) is 12.7. The highest BCUT2D eigenvalue weighted by Crippen LogP contribution is 2.26. The first kappa shape index (κ1) is 17.5. The summed E-state index contributed by atoms with van der Waals surface area (Å²) in [6, 6.07) is 5.73. The quantitative estimate of drug-likeness (QED) is 0.696. The molecule has 136 valence electrons. The highest BCUT2D eigenvalue weighted by atomic mass is 35.5. The van der Waals surface area contributed by atoms with E-state index in [9.17, 15) is 4.79 Å². The Morgan fingerprint density at radius 3 is 3.19 bits per heavy atom. The van der Waals surface area contributed by atoms with Gasteiger partial charge in [-0.2, -0.15) is 0 Å². The summed E-state index contributed by atoms with van der Waals surface area (Å²) in [6.45, 7) is 3.64. The standard InChI is InChI=1S/C19H21ClN4OS/c20-15-5-9-26-17(15)12-24-8-1-2-13(11-24)10-23-19(25)18-14-3-6-21-16(14)4-7-22-18/h3-7,9,13,21H,1-2,8,10-12H2,(H,23,25). The van der Waals surface area contributed by atoms with Crippen molar-refractivity contribution < 1.29 is 4.79 Å². The van der Waals surface area contributed by atoms with E-state index in [0.29, 0.717) is 18.2 Å². The molecule has 4 heterocycles. The van der Waals surface area contributed by atoms with Gasteiger partial charge >= 0.3 is 0 Å². The van der Waals surface area contributed by atoms with Crippen LogP contribution in [0.1, 0.15) is 28.2 Å². The van der Waals surface area contributed by atoms with Gasteiger partial charge in [-0.05, 0) is 48.9 Å². The number of aromatic nitrogens is 2. The fraction of sp³-hybridized carbons (Fsp3) is 0.368. The summed E-state index contributed by atoms with van der Waals surface area (Å²) in [4.78, 5) is 23.6. The van der Waals surface area contributed by atoms with Crippen LogP contribution in [0.2, 0.25) is 5.02 Å². The molecule has 0 bridgehead atoms. The minimum Gasteiger partial charge on any atom is -0.361 e. The van der Waals surface area contributed by atoms with E-state index in [-0.39, 0.29) is 5.91 Å². The monoisotopic (exact) mass is 388 g/mol. The Morgan fingerprint density at radius 1 is 1.42 bits per heavy atom. The molecule has 26 heavy (non-hydrogen) atoms. The molecule has 5 nitrogen and oxygen atoms in total. The molecule has 0 aliphatic carbocycles. The van der Waals surface area contributed by atoms with E-state index < -0.39 is 0 Å². The molecule has 1 aliphatic rings. The van der Waals surface area contributed by atoms with Crippen LogP contribution in [0.15, 0.2) is 36.0 Å². The number of carbonyl (C=O) groups is 1. The Kier molecular flexibility index (Phi) is 5.24. The highest BCUT2D eigenvalue weighted by molar-refractivity contribution is 7.10. The maximum absolute atomic E-state index is 12.6. The highest BCUT2D eigenvalue weighted by Gasteiger charge is 2.22. The van der Waals surface area contributed by atoms with Crippen molar-refractivity contribution in [1.29, 1.82) is 0 Å². The van der Waals surface area contributed by atoms with Crippen LogP contribution < -0.4 is 5.32 Å². The summed E-state index contributed by atoms with van der Waals surface area (Å²) in [5, 5.41) is 6.83. The predicted octanol–water partition coefficient (Wildman–Crippen LogP) is 3.92. The zero-order chi connectivity index (χ0) is 17.9. The van der Waals surface area contributed by atoms with Crippen LogP contribution in [0.5, 0.6) is 0 Å². The van der Waals surface area contributed by atoms with Gasteiger partial charge in [-0.3, -0.25) is 14.7 Å². The van der Waals surface area contributed by atoms with Crippen molar-refractivity contribution in [1.82, 2.24) is 20.2 Å². The molecule has 0 radical (unpaired) electrons. The maximum atomic E-state index is 12.6. The Hall–Kier alpha value is -1.89. The number of hydrogen-bond donors (Lipinski definition) is 2. The third-order valence-electron chi connectivity index (χ3n) is 4.91. The number of halogens is 1. The smallest absolute Gasteiger partial charge is 0.270 e. The summed E-state index contributed by atoms with van der Waals surface area (Å²) in [7, 11) is 0. The van der Waals surface area contributed by atoms with Gasteiger partial charge < -0.3 is 10.3 Å².